The Balaban J connectivity index is 2.14. The Labute approximate surface area is 140 Å². The molecule has 0 saturated heterocycles. The summed E-state index contributed by atoms with van der Waals surface area (Å²) in [4.78, 5) is 32.2. The van der Waals surface area contributed by atoms with Crippen molar-refractivity contribution in [1.29, 1.82) is 0 Å². The van der Waals surface area contributed by atoms with Gasteiger partial charge in [0, 0.05) is 5.56 Å². The van der Waals surface area contributed by atoms with Gasteiger partial charge in [0.1, 0.15) is 17.3 Å². The average molecular weight is 345 g/mol. The maximum absolute atomic E-state index is 11.9. The number of nitrogen functional groups attached to an aromatic ring is 2. The van der Waals surface area contributed by atoms with Crippen molar-refractivity contribution in [3.8, 4) is 28.5 Å². The summed E-state index contributed by atoms with van der Waals surface area (Å²) < 4.78 is 10.1. The van der Waals surface area contributed by atoms with Crippen molar-refractivity contribution in [3.05, 3.63) is 39.1 Å². The fourth-order valence-electron chi connectivity index (χ4n) is 2.21. The second kappa shape index (κ2) is 6.49. The SMILES string of the molecule is CCOc1cc(-c2noc(=O)[nH]2)ccc1-c1nc(NN)c(N)c(=O)[nH]1. The lowest BCUT2D eigenvalue weighted by molar-refractivity contribution is 0.341. The molecule has 0 saturated carbocycles. The zero-order chi connectivity index (χ0) is 18.0. The van der Waals surface area contributed by atoms with E-state index in [1.807, 2.05) is 0 Å². The molecule has 0 spiro atoms. The van der Waals surface area contributed by atoms with E-state index in [1.54, 1.807) is 25.1 Å². The molecule has 2 aromatic heterocycles. The molecule has 0 atom stereocenters. The van der Waals surface area contributed by atoms with Crippen LogP contribution in [-0.2, 0) is 0 Å². The predicted octanol–water partition coefficient (Wildman–Crippen LogP) is 0.0467. The normalized spacial score (nSPS) is 10.6. The molecule has 0 aliphatic rings. The van der Waals surface area contributed by atoms with E-state index < -0.39 is 11.3 Å². The molecule has 130 valence electrons. The third kappa shape index (κ3) is 3.07. The van der Waals surface area contributed by atoms with Gasteiger partial charge < -0.3 is 20.9 Å². The predicted molar refractivity (Wildman–Crippen MR) is 89.8 cm³/mol. The fraction of sp³-hybridized carbons (Fsp3) is 0.143. The lowest BCUT2D eigenvalue weighted by Gasteiger charge is -2.12. The highest BCUT2D eigenvalue weighted by Gasteiger charge is 2.15. The summed E-state index contributed by atoms with van der Waals surface area (Å²) in [5, 5.41) is 3.63. The average Bonchev–Trinajstić information content (AvgIpc) is 3.04. The molecule has 3 aromatic rings. The van der Waals surface area contributed by atoms with Gasteiger partial charge in [0.05, 0.1) is 12.2 Å². The van der Waals surface area contributed by atoms with Crippen LogP contribution in [0.15, 0.2) is 32.3 Å². The molecular weight excluding hydrogens is 330 g/mol. The van der Waals surface area contributed by atoms with E-state index in [-0.39, 0.29) is 23.2 Å². The summed E-state index contributed by atoms with van der Waals surface area (Å²) in [5.74, 6) is 5.60. The number of hydrogen-bond donors (Lipinski definition) is 5. The van der Waals surface area contributed by atoms with Gasteiger partial charge >= 0.3 is 5.76 Å². The first-order valence-electron chi connectivity index (χ1n) is 7.23. The molecule has 7 N–H and O–H groups in total. The van der Waals surface area contributed by atoms with E-state index in [9.17, 15) is 9.59 Å². The number of nitrogens with one attached hydrogen (secondary N) is 3. The highest BCUT2D eigenvalue weighted by Crippen LogP contribution is 2.32. The minimum Gasteiger partial charge on any atom is -0.493 e. The zero-order valence-corrected chi connectivity index (χ0v) is 13.1. The van der Waals surface area contributed by atoms with Crippen LogP contribution in [0, 0.1) is 0 Å². The smallest absolute Gasteiger partial charge is 0.439 e. The second-order valence-electron chi connectivity index (χ2n) is 4.91. The summed E-state index contributed by atoms with van der Waals surface area (Å²) in [6, 6.07) is 4.96. The number of benzene rings is 1. The summed E-state index contributed by atoms with van der Waals surface area (Å²) in [5.41, 5.74) is 8.29. The van der Waals surface area contributed by atoms with Crippen LogP contribution in [0.1, 0.15) is 6.92 Å². The number of rotatable bonds is 5. The number of ether oxygens (including phenoxy) is 1. The lowest BCUT2D eigenvalue weighted by Crippen LogP contribution is -2.20. The van der Waals surface area contributed by atoms with E-state index >= 15 is 0 Å². The summed E-state index contributed by atoms with van der Waals surface area (Å²) >= 11 is 0. The van der Waals surface area contributed by atoms with Crippen molar-refractivity contribution in [3.63, 3.8) is 0 Å². The first-order chi connectivity index (χ1) is 12.0. The van der Waals surface area contributed by atoms with Crippen LogP contribution in [0.25, 0.3) is 22.8 Å². The van der Waals surface area contributed by atoms with E-state index in [0.29, 0.717) is 23.5 Å². The molecule has 11 heteroatoms. The van der Waals surface area contributed by atoms with Gasteiger partial charge in [-0.1, -0.05) is 11.2 Å². The third-order valence-electron chi connectivity index (χ3n) is 3.34. The number of H-pyrrole nitrogens is 2. The Bertz CT molecular complexity index is 1020. The highest BCUT2D eigenvalue weighted by molar-refractivity contribution is 5.72. The monoisotopic (exact) mass is 345 g/mol. The zero-order valence-electron chi connectivity index (χ0n) is 13.1. The van der Waals surface area contributed by atoms with Crippen molar-refractivity contribution < 1.29 is 9.26 Å². The Morgan fingerprint density at radius 2 is 2.08 bits per heavy atom. The molecule has 0 fully saturated rings. The molecule has 0 aliphatic heterocycles. The van der Waals surface area contributed by atoms with Crippen LogP contribution in [0.2, 0.25) is 0 Å². The second-order valence-corrected chi connectivity index (χ2v) is 4.91. The third-order valence-corrected chi connectivity index (χ3v) is 3.34. The van der Waals surface area contributed by atoms with Gasteiger partial charge in [-0.15, -0.1) is 0 Å². The largest absolute Gasteiger partial charge is 0.493 e. The molecule has 1 aromatic carbocycles. The molecule has 3 rings (SSSR count). The van der Waals surface area contributed by atoms with Crippen LogP contribution >= 0.6 is 0 Å². The van der Waals surface area contributed by atoms with Crippen molar-refractivity contribution in [2.75, 3.05) is 17.8 Å². The fourth-order valence-corrected chi connectivity index (χ4v) is 2.21. The van der Waals surface area contributed by atoms with E-state index in [1.165, 1.54) is 0 Å². The number of aromatic amines is 2. The van der Waals surface area contributed by atoms with Crippen LogP contribution < -0.4 is 33.1 Å². The highest BCUT2D eigenvalue weighted by atomic mass is 16.5. The van der Waals surface area contributed by atoms with E-state index in [4.69, 9.17) is 16.3 Å². The lowest BCUT2D eigenvalue weighted by atomic mass is 10.1. The van der Waals surface area contributed by atoms with Crippen LogP contribution in [0.4, 0.5) is 11.5 Å². The van der Waals surface area contributed by atoms with Gasteiger partial charge in [-0.3, -0.25) is 14.3 Å². The standard InChI is InChI=1S/C14H15N7O4/c1-2-24-8-5-6(10-19-14(23)25-21-10)3-4-7(8)11-17-12(20-16)9(15)13(22)18-11/h3-5H,2,15-16H2,1H3,(H,19,21,23)(H2,17,18,20,22). The van der Waals surface area contributed by atoms with Crippen molar-refractivity contribution in [1.82, 2.24) is 20.1 Å². The van der Waals surface area contributed by atoms with E-state index in [2.05, 4.69) is 30.1 Å². The van der Waals surface area contributed by atoms with Crippen LogP contribution in [-0.4, -0.2) is 26.7 Å². The van der Waals surface area contributed by atoms with Gasteiger partial charge in [-0.05, 0) is 19.1 Å². The van der Waals surface area contributed by atoms with Crippen molar-refractivity contribution >= 4 is 11.5 Å². The summed E-state index contributed by atoms with van der Waals surface area (Å²) in [6.45, 7) is 2.17. The first kappa shape index (κ1) is 16.3. The summed E-state index contributed by atoms with van der Waals surface area (Å²) in [7, 11) is 0. The Morgan fingerprint density at radius 3 is 2.72 bits per heavy atom. The quantitative estimate of drug-likeness (QED) is 0.315. The van der Waals surface area contributed by atoms with Gasteiger partial charge in [0.25, 0.3) is 5.56 Å². The molecule has 0 unspecified atom stereocenters. The van der Waals surface area contributed by atoms with Gasteiger partial charge in [-0.25, -0.2) is 15.6 Å². The number of nitrogens with zero attached hydrogens (tertiary/aromatic N) is 2. The number of anilines is 2. The maximum Gasteiger partial charge on any atom is 0.439 e. The molecule has 11 nitrogen and oxygen atoms in total. The molecule has 25 heavy (non-hydrogen) atoms. The molecule has 0 aliphatic carbocycles. The van der Waals surface area contributed by atoms with E-state index in [0.717, 1.165) is 0 Å². The van der Waals surface area contributed by atoms with Gasteiger partial charge in [-0.2, -0.15) is 0 Å². The van der Waals surface area contributed by atoms with Crippen LogP contribution in [0.3, 0.4) is 0 Å². The number of hydrogen-bond acceptors (Lipinski definition) is 9. The molecule has 0 amide bonds. The number of nitrogens with two attached hydrogens (primary N) is 2. The molecule has 0 radical (unpaired) electrons. The number of hydrazine groups is 1. The molecule has 2 heterocycles. The molecular formula is C14H15N7O4. The van der Waals surface area contributed by atoms with Gasteiger partial charge in [0.15, 0.2) is 11.6 Å². The first-order valence-corrected chi connectivity index (χ1v) is 7.23. The topological polar surface area (TPSA) is 178 Å². The Morgan fingerprint density at radius 1 is 1.28 bits per heavy atom. The number of aromatic nitrogens is 4. The van der Waals surface area contributed by atoms with Gasteiger partial charge in [0.2, 0.25) is 0 Å². The summed E-state index contributed by atoms with van der Waals surface area (Å²) in [6.07, 6.45) is 0. The Kier molecular flexibility index (Phi) is 4.22. The Hall–Kier alpha value is -3.60. The minimum absolute atomic E-state index is 0.0473. The van der Waals surface area contributed by atoms with Crippen LogP contribution in [0.5, 0.6) is 5.75 Å². The molecule has 0 bridgehead atoms. The van der Waals surface area contributed by atoms with Crippen molar-refractivity contribution in [2.24, 2.45) is 5.84 Å². The van der Waals surface area contributed by atoms with Crippen molar-refractivity contribution in [2.45, 2.75) is 6.92 Å². The maximum atomic E-state index is 11.9. The minimum atomic E-state index is -0.666.